The lowest BCUT2D eigenvalue weighted by Gasteiger charge is -2.09. The summed E-state index contributed by atoms with van der Waals surface area (Å²) in [7, 11) is 0. The average Bonchev–Trinajstić information content (AvgIpc) is 3.87. The molecule has 51 heavy (non-hydrogen) atoms. The predicted octanol–water partition coefficient (Wildman–Crippen LogP) is 12.2. The highest BCUT2D eigenvalue weighted by molar-refractivity contribution is 7.25. The second-order valence-corrected chi connectivity index (χ2v) is 13.9. The molecule has 11 aromatic rings. The van der Waals surface area contributed by atoms with Gasteiger partial charge in [-0.15, -0.1) is 11.3 Å². The van der Waals surface area contributed by atoms with Crippen LogP contribution in [0, 0.1) is 0 Å². The minimum Gasteiger partial charge on any atom is -0.456 e. The molecule has 0 bridgehead atoms. The van der Waals surface area contributed by atoms with E-state index in [-0.39, 0.29) is 0 Å². The van der Waals surface area contributed by atoms with E-state index in [4.69, 9.17) is 19.4 Å². The minimum atomic E-state index is 0.614. The van der Waals surface area contributed by atoms with Crippen molar-refractivity contribution in [1.82, 2.24) is 19.5 Å². The zero-order valence-electron chi connectivity index (χ0n) is 27.1. The maximum atomic E-state index is 6.22. The van der Waals surface area contributed by atoms with Crippen molar-refractivity contribution in [3.05, 3.63) is 158 Å². The first-order valence-corrected chi connectivity index (χ1v) is 17.8. The molecular weight excluding hydrogens is 645 g/mol. The lowest BCUT2D eigenvalue weighted by Crippen LogP contribution is -2.00. The van der Waals surface area contributed by atoms with Crippen LogP contribution < -0.4 is 0 Å². The number of hydrogen-bond acceptors (Lipinski definition) is 5. The molecule has 4 heterocycles. The van der Waals surface area contributed by atoms with Crippen LogP contribution in [0.4, 0.5) is 0 Å². The van der Waals surface area contributed by atoms with Gasteiger partial charge in [0.1, 0.15) is 11.2 Å². The van der Waals surface area contributed by atoms with E-state index in [2.05, 4.69) is 102 Å². The molecule has 0 fully saturated rings. The maximum absolute atomic E-state index is 6.22. The number of nitrogens with zero attached hydrogens (tertiary/aromatic N) is 4. The Bertz CT molecular complexity index is 3100. The SMILES string of the molecule is c1ccc(-c2nc(-c3ccc4c(c3)sc3cc(-n5c6ccccc6c6ccccc65)ccc34)nc(-c3cccc4oc5ccccc5c34)n2)cc1. The fourth-order valence-electron chi connectivity index (χ4n) is 7.55. The van der Waals surface area contributed by atoms with Gasteiger partial charge in [-0.05, 0) is 42.5 Å². The molecular formula is C45H26N4OS. The van der Waals surface area contributed by atoms with E-state index >= 15 is 0 Å². The molecule has 4 aromatic heterocycles. The van der Waals surface area contributed by atoms with Crippen LogP contribution in [0.25, 0.3) is 104 Å². The molecule has 5 nitrogen and oxygen atoms in total. The van der Waals surface area contributed by atoms with Crippen LogP contribution in [-0.2, 0) is 0 Å². The number of rotatable bonds is 4. The largest absolute Gasteiger partial charge is 0.456 e. The standard InChI is InChI=1S/C45H26N4OS/c1-2-11-27(12-3-1)43-46-44(48-45(47-43)35-16-10-20-39-42(35)34-15-6-9-19-38(34)50-39)28-21-23-32-33-24-22-29(26-41(33)51-40(32)25-28)49-36-17-7-4-13-30(36)31-14-5-8-18-37(31)49/h1-26H. The molecule has 0 amide bonds. The fraction of sp³-hybridized carbons (Fsp3) is 0. The molecule has 0 unspecified atom stereocenters. The lowest BCUT2D eigenvalue weighted by atomic mass is 10.1. The van der Waals surface area contributed by atoms with Crippen molar-refractivity contribution in [2.45, 2.75) is 0 Å². The second-order valence-electron chi connectivity index (χ2n) is 12.8. The number of furan rings is 1. The van der Waals surface area contributed by atoms with E-state index < -0.39 is 0 Å². The van der Waals surface area contributed by atoms with E-state index in [9.17, 15) is 0 Å². The van der Waals surface area contributed by atoms with Crippen molar-refractivity contribution in [2.75, 3.05) is 0 Å². The normalized spacial score (nSPS) is 11.9. The molecule has 0 radical (unpaired) electrons. The summed E-state index contributed by atoms with van der Waals surface area (Å²) in [6, 6.07) is 55.0. The molecule has 0 saturated carbocycles. The Morgan fingerprint density at radius 2 is 1.04 bits per heavy atom. The molecule has 0 spiro atoms. The van der Waals surface area contributed by atoms with Crippen molar-refractivity contribution in [2.24, 2.45) is 0 Å². The lowest BCUT2D eigenvalue weighted by molar-refractivity contribution is 0.669. The second kappa shape index (κ2) is 10.9. The average molecular weight is 671 g/mol. The van der Waals surface area contributed by atoms with E-state index in [1.54, 1.807) is 11.3 Å². The highest BCUT2D eigenvalue weighted by Gasteiger charge is 2.19. The highest BCUT2D eigenvalue weighted by Crippen LogP contribution is 2.40. The molecule has 6 heteroatoms. The number of hydrogen-bond donors (Lipinski definition) is 0. The van der Waals surface area contributed by atoms with Crippen LogP contribution in [0.5, 0.6) is 0 Å². The highest BCUT2D eigenvalue weighted by atomic mass is 32.1. The van der Waals surface area contributed by atoms with Crippen molar-refractivity contribution < 1.29 is 4.42 Å². The van der Waals surface area contributed by atoms with Gasteiger partial charge in [0.05, 0.1) is 11.0 Å². The molecule has 0 aliphatic rings. The predicted molar refractivity (Wildman–Crippen MR) is 211 cm³/mol. The molecule has 0 N–H and O–H groups in total. The first-order valence-electron chi connectivity index (χ1n) is 16.9. The van der Waals surface area contributed by atoms with Crippen molar-refractivity contribution in [3.63, 3.8) is 0 Å². The van der Waals surface area contributed by atoms with Gasteiger partial charge >= 0.3 is 0 Å². The van der Waals surface area contributed by atoms with Gasteiger partial charge in [0.25, 0.3) is 0 Å². The van der Waals surface area contributed by atoms with Crippen LogP contribution in [0.2, 0.25) is 0 Å². The number of fused-ring (bicyclic) bond motifs is 9. The van der Waals surface area contributed by atoms with Crippen LogP contribution in [-0.4, -0.2) is 19.5 Å². The summed E-state index contributed by atoms with van der Waals surface area (Å²) in [6.45, 7) is 0. The Hall–Kier alpha value is -6.63. The molecule has 0 aliphatic carbocycles. The van der Waals surface area contributed by atoms with Crippen LogP contribution in [0.15, 0.2) is 162 Å². The Morgan fingerprint density at radius 1 is 0.431 bits per heavy atom. The molecule has 11 rings (SSSR count). The van der Waals surface area contributed by atoms with Crippen LogP contribution >= 0.6 is 11.3 Å². The van der Waals surface area contributed by atoms with E-state index in [1.807, 2.05) is 60.7 Å². The molecule has 0 atom stereocenters. The third kappa shape index (κ3) is 4.37. The van der Waals surface area contributed by atoms with Gasteiger partial charge in [-0.1, -0.05) is 115 Å². The van der Waals surface area contributed by atoms with Crippen molar-refractivity contribution >= 4 is 75.3 Å². The van der Waals surface area contributed by atoms with E-state index in [0.29, 0.717) is 17.5 Å². The smallest absolute Gasteiger partial charge is 0.164 e. The van der Waals surface area contributed by atoms with Gasteiger partial charge < -0.3 is 8.98 Å². The Kier molecular flexibility index (Phi) is 6.05. The Labute approximate surface area is 295 Å². The third-order valence-electron chi connectivity index (χ3n) is 9.86. The van der Waals surface area contributed by atoms with Gasteiger partial charge in [0.15, 0.2) is 17.5 Å². The summed E-state index contributed by atoms with van der Waals surface area (Å²) in [6.07, 6.45) is 0. The summed E-state index contributed by atoms with van der Waals surface area (Å²) in [5, 5.41) is 7.03. The molecule has 0 aliphatic heterocycles. The van der Waals surface area contributed by atoms with Crippen LogP contribution in [0.1, 0.15) is 0 Å². The van der Waals surface area contributed by atoms with Crippen molar-refractivity contribution in [1.29, 1.82) is 0 Å². The first-order chi connectivity index (χ1) is 25.3. The fourth-order valence-corrected chi connectivity index (χ4v) is 8.73. The molecule has 238 valence electrons. The van der Waals surface area contributed by atoms with Gasteiger partial charge in [0, 0.05) is 64.1 Å². The van der Waals surface area contributed by atoms with Gasteiger partial charge in [-0.3, -0.25) is 0 Å². The summed E-state index contributed by atoms with van der Waals surface area (Å²) < 4.78 is 11.0. The Balaban J connectivity index is 1.08. The third-order valence-corrected chi connectivity index (χ3v) is 11.0. The summed E-state index contributed by atoms with van der Waals surface area (Å²) >= 11 is 1.80. The zero-order chi connectivity index (χ0) is 33.5. The Morgan fingerprint density at radius 3 is 1.82 bits per heavy atom. The number of para-hydroxylation sites is 3. The van der Waals surface area contributed by atoms with Gasteiger partial charge in [-0.2, -0.15) is 0 Å². The number of thiophene rings is 1. The summed E-state index contributed by atoms with van der Waals surface area (Å²) in [4.78, 5) is 15.2. The molecule has 7 aromatic carbocycles. The number of aromatic nitrogens is 4. The van der Waals surface area contributed by atoms with Crippen LogP contribution in [0.3, 0.4) is 0 Å². The van der Waals surface area contributed by atoms with Crippen molar-refractivity contribution in [3.8, 4) is 39.9 Å². The van der Waals surface area contributed by atoms with E-state index in [1.165, 1.54) is 42.0 Å². The first kappa shape index (κ1) is 28.2. The van der Waals surface area contributed by atoms with Gasteiger partial charge in [-0.25, -0.2) is 15.0 Å². The topological polar surface area (TPSA) is 56.7 Å². The maximum Gasteiger partial charge on any atom is 0.164 e. The van der Waals surface area contributed by atoms with E-state index in [0.717, 1.165) is 44.3 Å². The molecule has 0 saturated heterocycles. The summed E-state index contributed by atoms with van der Waals surface area (Å²) in [5.74, 6) is 1.88. The monoisotopic (exact) mass is 670 g/mol. The minimum absolute atomic E-state index is 0.614. The number of benzene rings is 7. The zero-order valence-corrected chi connectivity index (χ0v) is 27.9. The summed E-state index contributed by atoms with van der Waals surface area (Å²) in [5.41, 5.74) is 8.02. The van der Waals surface area contributed by atoms with Gasteiger partial charge in [0.2, 0.25) is 0 Å². The quantitative estimate of drug-likeness (QED) is 0.187.